The van der Waals surface area contributed by atoms with Gasteiger partial charge in [-0.15, -0.1) is 0 Å². The number of carbonyl (C=O) groups excluding carboxylic acids is 2. The van der Waals surface area contributed by atoms with Crippen LogP contribution in [0, 0.1) is 5.82 Å². The van der Waals surface area contributed by atoms with Gasteiger partial charge in [-0.25, -0.2) is 14.0 Å². The molecule has 0 aromatic heterocycles. The van der Waals surface area contributed by atoms with Crippen LogP contribution < -0.4 is 10.1 Å². The van der Waals surface area contributed by atoms with Gasteiger partial charge in [-0.2, -0.15) is 0 Å². The zero-order valence-electron chi connectivity index (χ0n) is 21.0. The molecule has 1 saturated heterocycles. The average Bonchev–Trinajstić information content (AvgIpc) is 3.25. The van der Waals surface area contributed by atoms with E-state index in [1.807, 2.05) is 42.5 Å². The fourth-order valence-corrected chi connectivity index (χ4v) is 5.44. The number of ether oxygens (including phenoxy) is 2. The SMILES string of the molecule is COC(=O)C1=C(c2ccc(F)cc2OCc2ccccc2)C[C@@H]2CC[C@H]1N2C(=O)NCc1ccc(Cl)cc1. The number of carbonyl (C=O) groups is 2. The number of fused-ring (bicyclic) bond motifs is 2. The minimum absolute atomic E-state index is 0.111. The predicted molar refractivity (Wildman–Crippen MR) is 143 cm³/mol. The molecule has 1 fully saturated rings. The lowest BCUT2D eigenvalue weighted by Crippen LogP contribution is -2.50. The van der Waals surface area contributed by atoms with Crippen molar-refractivity contribution >= 4 is 29.2 Å². The Morgan fingerprint density at radius 2 is 1.79 bits per heavy atom. The van der Waals surface area contributed by atoms with Gasteiger partial charge in [-0.1, -0.05) is 54.1 Å². The number of hydrogen-bond donors (Lipinski definition) is 1. The summed E-state index contributed by atoms with van der Waals surface area (Å²) in [5.74, 6) is -0.580. The van der Waals surface area contributed by atoms with E-state index < -0.39 is 17.8 Å². The van der Waals surface area contributed by atoms with E-state index >= 15 is 0 Å². The molecule has 2 aliphatic heterocycles. The van der Waals surface area contributed by atoms with Gasteiger partial charge in [0.1, 0.15) is 18.2 Å². The number of rotatable bonds is 7. The Labute approximate surface area is 226 Å². The van der Waals surface area contributed by atoms with Crippen LogP contribution in [0.25, 0.3) is 5.57 Å². The molecule has 196 valence electrons. The smallest absolute Gasteiger partial charge is 0.336 e. The summed E-state index contributed by atoms with van der Waals surface area (Å²) in [7, 11) is 1.33. The average molecular weight is 535 g/mol. The van der Waals surface area contributed by atoms with Crippen molar-refractivity contribution in [2.75, 3.05) is 7.11 Å². The van der Waals surface area contributed by atoms with Crippen LogP contribution in [0.2, 0.25) is 5.02 Å². The molecule has 3 aromatic rings. The molecule has 8 heteroatoms. The third kappa shape index (κ3) is 5.38. The zero-order valence-corrected chi connectivity index (χ0v) is 21.7. The van der Waals surface area contributed by atoms with Gasteiger partial charge in [0.25, 0.3) is 0 Å². The highest BCUT2D eigenvalue weighted by Crippen LogP contribution is 2.45. The fraction of sp³-hybridized carbons (Fsp3) is 0.267. The largest absolute Gasteiger partial charge is 0.488 e. The van der Waals surface area contributed by atoms with Gasteiger partial charge in [-0.3, -0.25) is 0 Å². The van der Waals surface area contributed by atoms with Crippen molar-refractivity contribution in [3.05, 3.63) is 106 Å². The summed E-state index contributed by atoms with van der Waals surface area (Å²) in [6.07, 6.45) is 1.81. The number of nitrogens with zero attached hydrogens (tertiary/aromatic N) is 1. The maximum atomic E-state index is 14.3. The lowest BCUT2D eigenvalue weighted by atomic mass is 9.88. The van der Waals surface area contributed by atoms with Crippen LogP contribution in [0.5, 0.6) is 5.75 Å². The van der Waals surface area contributed by atoms with Crippen molar-refractivity contribution in [3.63, 3.8) is 0 Å². The van der Waals surface area contributed by atoms with Crippen molar-refractivity contribution in [2.24, 2.45) is 0 Å². The highest BCUT2D eigenvalue weighted by molar-refractivity contribution is 6.30. The minimum Gasteiger partial charge on any atom is -0.488 e. The molecule has 2 bridgehead atoms. The first-order valence-electron chi connectivity index (χ1n) is 12.5. The Bertz CT molecular complexity index is 1360. The molecule has 1 N–H and O–H groups in total. The lowest BCUT2D eigenvalue weighted by molar-refractivity contribution is -0.136. The number of amides is 2. The summed E-state index contributed by atoms with van der Waals surface area (Å²) in [6, 6.07) is 20.4. The highest BCUT2D eigenvalue weighted by atomic mass is 35.5. The molecule has 2 atom stereocenters. The van der Waals surface area contributed by atoms with Crippen LogP contribution in [0.4, 0.5) is 9.18 Å². The molecular weight excluding hydrogens is 507 g/mol. The molecule has 0 spiro atoms. The third-order valence-corrected chi connectivity index (χ3v) is 7.36. The third-order valence-electron chi connectivity index (χ3n) is 7.10. The van der Waals surface area contributed by atoms with E-state index in [-0.39, 0.29) is 18.7 Å². The quantitative estimate of drug-likeness (QED) is 0.370. The first-order chi connectivity index (χ1) is 18.4. The first-order valence-corrected chi connectivity index (χ1v) is 12.9. The van der Waals surface area contributed by atoms with Crippen LogP contribution in [0.1, 0.15) is 36.0 Å². The number of nitrogens with one attached hydrogen (secondary N) is 1. The number of hydrogen-bond acceptors (Lipinski definition) is 4. The summed E-state index contributed by atoms with van der Waals surface area (Å²) in [5.41, 5.74) is 3.65. The van der Waals surface area contributed by atoms with Crippen molar-refractivity contribution in [3.8, 4) is 5.75 Å². The second-order valence-corrected chi connectivity index (χ2v) is 9.88. The van der Waals surface area contributed by atoms with Crippen molar-refractivity contribution in [2.45, 2.75) is 44.5 Å². The molecule has 2 amide bonds. The Morgan fingerprint density at radius 3 is 2.53 bits per heavy atom. The summed E-state index contributed by atoms with van der Waals surface area (Å²) in [4.78, 5) is 28.2. The normalized spacial score (nSPS) is 18.3. The molecule has 0 radical (unpaired) electrons. The van der Waals surface area contributed by atoms with Crippen LogP contribution in [0.15, 0.2) is 78.4 Å². The summed E-state index contributed by atoms with van der Waals surface area (Å²) in [5, 5.41) is 3.60. The van der Waals surface area contributed by atoms with Crippen LogP contribution in [-0.2, 0) is 22.7 Å². The van der Waals surface area contributed by atoms with E-state index in [0.717, 1.165) is 23.1 Å². The van der Waals surface area contributed by atoms with Gasteiger partial charge in [0.05, 0.1) is 18.7 Å². The Hall–Kier alpha value is -3.84. The number of benzene rings is 3. The van der Waals surface area contributed by atoms with Gasteiger partial charge in [-0.05, 0) is 60.2 Å². The van der Waals surface area contributed by atoms with Gasteiger partial charge in [0.15, 0.2) is 0 Å². The van der Waals surface area contributed by atoms with Crippen LogP contribution in [-0.4, -0.2) is 36.1 Å². The van der Waals surface area contributed by atoms with E-state index in [9.17, 15) is 14.0 Å². The molecule has 2 aliphatic rings. The number of urea groups is 1. The molecule has 0 unspecified atom stereocenters. The molecule has 6 nitrogen and oxygen atoms in total. The summed E-state index contributed by atoms with van der Waals surface area (Å²) >= 11 is 5.96. The van der Waals surface area contributed by atoms with Gasteiger partial charge in [0, 0.05) is 29.2 Å². The highest BCUT2D eigenvalue weighted by Gasteiger charge is 2.47. The minimum atomic E-state index is -0.501. The van der Waals surface area contributed by atoms with Crippen molar-refractivity contribution in [1.29, 1.82) is 0 Å². The zero-order chi connectivity index (χ0) is 26.6. The Kier molecular flexibility index (Phi) is 7.65. The van der Waals surface area contributed by atoms with Crippen LogP contribution >= 0.6 is 11.6 Å². The molecule has 0 saturated carbocycles. The fourth-order valence-electron chi connectivity index (χ4n) is 5.32. The number of methoxy groups -OCH3 is 1. The lowest BCUT2D eigenvalue weighted by Gasteiger charge is -2.37. The van der Waals surface area contributed by atoms with E-state index in [0.29, 0.717) is 41.3 Å². The van der Waals surface area contributed by atoms with Gasteiger partial charge < -0.3 is 19.7 Å². The molecule has 38 heavy (non-hydrogen) atoms. The van der Waals surface area contributed by atoms with E-state index in [2.05, 4.69) is 5.32 Å². The molecule has 0 aliphatic carbocycles. The maximum Gasteiger partial charge on any atom is 0.336 e. The Balaban J connectivity index is 1.44. The maximum absolute atomic E-state index is 14.3. The molecular formula is C30H28ClFN2O4. The second kappa shape index (κ2) is 11.3. The van der Waals surface area contributed by atoms with Crippen molar-refractivity contribution in [1.82, 2.24) is 10.2 Å². The van der Waals surface area contributed by atoms with E-state index in [1.54, 1.807) is 23.1 Å². The van der Waals surface area contributed by atoms with Crippen LogP contribution in [0.3, 0.4) is 0 Å². The summed E-state index contributed by atoms with van der Waals surface area (Å²) < 4.78 is 25.5. The van der Waals surface area contributed by atoms with Gasteiger partial charge >= 0.3 is 12.0 Å². The number of esters is 1. The standard InChI is InChI=1S/C30H28ClFN2O4/c1-37-29(35)28-25(24-13-11-22(32)15-27(24)38-18-20-5-3-2-4-6-20)16-23-12-14-26(28)34(23)30(36)33-17-19-7-9-21(31)10-8-19/h2-11,13,15,23,26H,12,14,16-18H2,1H3,(H,33,36)/t23-,26+/m0/s1. The number of halogens is 2. The van der Waals surface area contributed by atoms with Crippen molar-refractivity contribution < 1.29 is 23.5 Å². The topological polar surface area (TPSA) is 67.9 Å². The van der Waals surface area contributed by atoms with E-state index in [1.165, 1.54) is 19.2 Å². The molecule has 2 heterocycles. The van der Waals surface area contributed by atoms with E-state index in [4.69, 9.17) is 21.1 Å². The second-order valence-electron chi connectivity index (χ2n) is 9.44. The molecule has 3 aromatic carbocycles. The van der Waals surface area contributed by atoms with Gasteiger partial charge in [0.2, 0.25) is 0 Å². The first kappa shape index (κ1) is 25.8. The monoisotopic (exact) mass is 534 g/mol. The Morgan fingerprint density at radius 1 is 1.03 bits per heavy atom. The predicted octanol–water partition coefficient (Wildman–Crippen LogP) is 6.13. The molecule has 5 rings (SSSR count). The summed E-state index contributed by atoms with van der Waals surface area (Å²) in [6.45, 7) is 0.593.